The molecule has 2 aromatic heterocycles. The fourth-order valence-electron chi connectivity index (χ4n) is 3.41. The van der Waals surface area contributed by atoms with Gasteiger partial charge in [0.15, 0.2) is 5.16 Å². The van der Waals surface area contributed by atoms with Gasteiger partial charge in [0.25, 0.3) is 5.56 Å². The Morgan fingerprint density at radius 2 is 1.90 bits per heavy atom. The van der Waals surface area contributed by atoms with Crippen molar-refractivity contribution >= 4 is 57.1 Å². The number of thioether (sulfide) groups is 1. The molecule has 2 aromatic carbocycles. The van der Waals surface area contributed by atoms with Gasteiger partial charge in [0.1, 0.15) is 5.82 Å². The maximum absolute atomic E-state index is 12.7. The molecular weight excluding hydrogens is 414 g/mol. The number of hydrogen-bond acceptors (Lipinski definition) is 7. The van der Waals surface area contributed by atoms with Crippen molar-refractivity contribution in [3.63, 3.8) is 0 Å². The third kappa shape index (κ3) is 3.24. The number of rotatable bonds is 4. The molecular formula is C22H17N5OS2. The third-order valence-corrected chi connectivity index (χ3v) is 6.73. The summed E-state index contributed by atoms with van der Waals surface area (Å²) < 4.78 is 6.24. The first kappa shape index (κ1) is 18.8. The van der Waals surface area contributed by atoms with E-state index in [1.807, 2.05) is 49.4 Å². The summed E-state index contributed by atoms with van der Waals surface area (Å²) in [6.07, 6.45) is 1.80. The minimum absolute atomic E-state index is 0.346. The number of benzene rings is 2. The number of hydrogen-bond donors (Lipinski definition) is 1. The van der Waals surface area contributed by atoms with Gasteiger partial charge in [-0.05, 0) is 24.6 Å². The van der Waals surface area contributed by atoms with Gasteiger partial charge in [-0.1, -0.05) is 60.3 Å². The summed E-state index contributed by atoms with van der Waals surface area (Å²) in [5, 5.41) is 0.723. The fraction of sp³-hybridized carbons (Fsp3) is 0.0909. The molecule has 0 bridgehead atoms. The zero-order valence-electron chi connectivity index (χ0n) is 16.1. The lowest BCUT2D eigenvalue weighted by molar-refractivity contribution is 0.950. The fourth-order valence-corrected chi connectivity index (χ4v) is 5.22. The molecule has 8 heteroatoms. The van der Waals surface area contributed by atoms with Crippen molar-refractivity contribution in [3.8, 4) is 0 Å². The Hall–Kier alpha value is -3.23. The Morgan fingerprint density at radius 3 is 2.73 bits per heavy atom. The van der Waals surface area contributed by atoms with E-state index in [0.717, 1.165) is 33.4 Å². The average Bonchev–Trinajstić information content (AvgIpc) is 3.30. The number of para-hydroxylation sites is 1. The minimum Gasteiger partial charge on any atom is -0.384 e. The van der Waals surface area contributed by atoms with E-state index in [-0.39, 0.29) is 5.56 Å². The number of nitrogens with two attached hydrogens (primary N) is 1. The summed E-state index contributed by atoms with van der Waals surface area (Å²) in [5.74, 6) is 1.10. The number of nitrogens with zero attached hydrogens (tertiary/aromatic N) is 4. The monoisotopic (exact) mass is 431 g/mol. The molecule has 4 aromatic rings. The lowest BCUT2D eigenvalue weighted by atomic mass is 10.0. The number of nitrogen functional groups attached to an aromatic ring is 1. The van der Waals surface area contributed by atoms with Crippen LogP contribution in [-0.2, 0) is 5.75 Å². The molecule has 30 heavy (non-hydrogen) atoms. The van der Waals surface area contributed by atoms with Crippen LogP contribution < -0.4 is 11.3 Å². The first-order valence-corrected chi connectivity index (χ1v) is 11.1. The van der Waals surface area contributed by atoms with Crippen LogP contribution in [0.15, 0.2) is 69.5 Å². The zero-order chi connectivity index (χ0) is 20.7. The third-order valence-electron chi connectivity index (χ3n) is 4.90. The Kier molecular flexibility index (Phi) is 4.72. The number of fused-ring (bicyclic) bond motifs is 2. The van der Waals surface area contributed by atoms with Gasteiger partial charge in [0.05, 0.1) is 11.3 Å². The van der Waals surface area contributed by atoms with Gasteiger partial charge in [0, 0.05) is 34.1 Å². The van der Waals surface area contributed by atoms with E-state index in [4.69, 9.17) is 5.73 Å². The molecule has 1 aliphatic heterocycles. The predicted molar refractivity (Wildman–Crippen MR) is 125 cm³/mol. The van der Waals surface area contributed by atoms with Crippen LogP contribution in [0.25, 0.3) is 16.6 Å². The van der Waals surface area contributed by atoms with E-state index < -0.39 is 0 Å². The van der Waals surface area contributed by atoms with Crippen LogP contribution in [0.1, 0.15) is 23.6 Å². The highest BCUT2D eigenvalue weighted by Crippen LogP contribution is 2.36. The molecule has 5 rings (SSSR count). The number of anilines is 1. The van der Waals surface area contributed by atoms with E-state index in [1.165, 1.54) is 17.1 Å². The molecule has 148 valence electrons. The van der Waals surface area contributed by atoms with Crippen molar-refractivity contribution in [3.05, 3.63) is 81.6 Å². The van der Waals surface area contributed by atoms with Gasteiger partial charge >= 0.3 is 0 Å². The molecule has 6 nitrogen and oxygen atoms in total. The Morgan fingerprint density at radius 1 is 1.13 bits per heavy atom. The van der Waals surface area contributed by atoms with Crippen LogP contribution in [0.5, 0.6) is 0 Å². The van der Waals surface area contributed by atoms with Crippen molar-refractivity contribution in [1.29, 1.82) is 0 Å². The van der Waals surface area contributed by atoms with Crippen LogP contribution in [0.3, 0.4) is 0 Å². The summed E-state index contributed by atoms with van der Waals surface area (Å²) in [5.41, 5.74) is 11.3. The van der Waals surface area contributed by atoms with Gasteiger partial charge < -0.3 is 5.73 Å². The number of aliphatic imine (C=N–C) groups is 1. The highest BCUT2D eigenvalue weighted by Gasteiger charge is 2.20. The van der Waals surface area contributed by atoms with E-state index >= 15 is 0 Å². The summed E-state index contributed by atoms with van der Waals surface area (Å²) in [4.78, 5) is 22.0. The van der Waals surface area contributed by atoms with Crippen LogP contribution in [0.4, 0.5) is 11.5 Å². The lowest BCUT2D eigenvalue weighted by Crippen LogP contribution is -2.16. The maximum atomic E-state index is 12.7. The Bertz CT molecular complexity index is 1390. The van der Waals surface area contributed by atoms with Crippen molar-refractivity contribution in [1.82, 2.24) is 13.8 Å². The Labute approximate surface area is 181 Å². The van der Waals surface area contributed by atoms with E-state index in [9.17, 15) is 4.79 Å². The second-order valence-corrected chi connectivity index (χ2v) is 8.52. The number of aromatic nitrogens is 3. The standard InChI is InChI=1S/C22H17N5OS2/c1-13-16(15-9-5-6-10-18(15)24-13)11-17-19(23)27-21(25-20(17)28)30-26-22(27)29-12-14-7-3-2-4-8-14/h2-11H,12,23H2,1H3. The zero-order valence-corrected chi connectivity index (χ0v) is 17.7. The second-order valence-electron chi connectivity index (χ2n) is 6.85. The van der Waals surface area contributed by atoms with E-state index in [1.54, 1.807) is 22.2 Å². The molecule has 0 saturated heterocycles. The van der Waals surface area contributed by atoms with Crippen molar-refractivity contribution in [2.24, 2.45) is 4.99 Å². The van der Waals surface area contributed by atoms with Gasteiger partial charge in [0.2, 0.25) is 4.96 Å². The SMILES string of the molecule is CC1=Nc2ccccc2C1=Cc1c(N)n2c(SCc3ccccc3)nsc2nc1=O. The van der Waals surface area contributed by atoms with Crippen molar-refractivity contribution < 1.29 is 0 Å². The molecule has 1 aliphatic rings. The van der Waals surface area contributed by atoms with E-state index in [0.29, 0.717) is 16.3 Å². The first-order chi connectivity index (χ1) is 14.6. The summed E-state index contributed by atoms with van der Waals surface area (Å²) in [7, 11) is 0. The smallest absolute Gasteiger partial charge is 0.283 e. The van der Waals surface area contributed by atoms with Crippen LogP contribution in [0.2, 0.25) is 0 Å². The van der Waals surface area contributed by atoms with Gasteiger partial charge in [-0.2, -0.15) is 9.36 Å². The molecule has 0 fully saturated rings. The quantitative estimate of drug-likeness (QED) is 0.475. The highest BCUT2D eigenvalue weighted by molar-refractivity contribution is 7.98. The largest absolute Gasteiger partial charge is 0.384 e. The molecule has 0 atom stereocenters. The topological polar surface area (TPSA) is 85.6 Å². The normalized spacial score (nSPS) is 14.3. The van der Waals surface area contributed by atoms with Crippen molar-refractivity contribution in [2.45, 2.75) is 17.8 Å². The molecule has 0 saturated carbocycles. The van der Waals surface area contributed by atoms with Gasteiger partial charge in [-0.15, -0.1) is 0 Å². The number of allylic oxidation sites excluding steroid dienone is 1. The molecule has 0 unspecified atom stereocenters. The lowest BCUT2D eigenvalue weighted by Gasteiger charge is -2.07. The summed E-state index contributed by atoms with van der Waals surface area (Å²) in [6, 6.07) is 18.0. The van der Waals surface area contributed by atoms with Gasteiger partial charge in [-0.3, -0.25) is 9.79 Å². The summed E-state index contributed by atoms with van der Waals surface area (Å²) in [6.45, 7) is 1.93. The highest BCUT2D eigenvalue weighted by atomic mass is 32.2. The molecule has 3 heterocycles. The first-order valence-electron chi connectivity index (χ1n) is 9.33. The average molecular weight is 432 g/mol. The minimum atomic E-state index is -0.361. The van der Waals surface area contributed by atoms with Crippen LogP contribution in [-0.4, -0.2) is 19.5 Å². The van der Waals surface area contributed by atoms with Crippen molar-refractivity contribution in [2.75, 3.05) is 5.73 Å². The van der Waals surface area contributed by atoms with Crippen LogP contribution in [0, 0.1) is 0 Å². The molecule has 0 aliphatic carbocycles. The second kappa shape index (κ2) is 7.55. The molecule has 0 amide bonds. The van der Waals surface area contributed by atoms with Gasteiger partial charge in [-0.25, -0.2) is 4.40 Å². The van der Waals surface area contributed by atoms with E-state index in [2.05, 4.69) is 26.5 Å². The maximum Gasteiger partial charge on any atom is 0.283 e. The predicted octanol–water partition coefficient (Wildman–Crippen LogP) is 4.67. The molecule has 2 N–H and O–H groups in total. The summed E-state index contributed by atoms with van der Waals surface area (Å²) >= 11 is 2.74. The van der Waals surface area contributed by atoms with Crippen LogP contribution >= 0.6 is 23.3 Å². The molecule has 0 radical (unpaired) electrons. The Balaban J connectivity index is 1.59. The molecule has 0 spiro atoms.